The Morgan fingerprint density at radius 3 is 2.62 bits per heavy atom. The first-order chi connectivity index (χ1) is 10.1. The molecule has 0 spiro atoms. The van der Waals surface area contributed by atoms with Crippen molar-refractivity contribution in [3.63, 3.8) is 0 Å². The number of halogens is 1. The van der Waals surface area contributed by atoms with Crippen molar-refractivity contribution < 1.29 is 9.47 Å². The van der Waals surface area contributed by atoms with Gasteiger partial charge in [-0.3, -0.25) is 0 Å². The number of nitrogens with zero attached hydrogens (tertiary/aromatic N) is 2. The molecular weight excluding hydrogens is 288 g/mol. The minimum Gasteiger partial charge on any atom is -0.497 e. The quantitative estimate of drug-likeness (QED) is 0.732. The van der Waals surface area contributed by atoms with Gasteiger partial charge in [0.15, 0.2) is 0 Å². The molecule has 0 saturated carbocycles. The molecule has 1 atom stereocenters. The lowest BCUT2D eigenvalue weighted by molar-refractivity contribution is 0.133. The molecule has 21 heavy (non-hydrogen) atoms. The highest BCUT2D eigenvalue weighted by Gasteiger charge is 2.22. The summed E-state index contributed by atoms with van der Waals surface area (Å²) in [6.45, 7) is 5.05. The standard InChI is InChI=1S/C16H23ClN2O2/c1-11(2)15(10-20-3)19-14-6-5-12(21-4)9-13(14)18-16(19)7-8-17/h5-6,9,11,15H,7-8,10H2,1-4H3. The molecule has 116 valence electrons. The summed E-state index contributed by atoms with van der Waals surface area (Å²) in [5.74, 6) is 2.82. The predicted molar refractivity (Wildman–Crippen MR) is 86.5 cm³/mol. The number of aromatic nitrogens is 2. The molecule has 1 aromatic carbocycles. The zero-order chi connectivity index (χ0) is 15.4. The molecule has 2 rings (SSSR count). The Bertz CT molecular complexity index is 595. The predicted octanol–water partition coefficient (Wildman–Crippen LogP) is 3.67. The van der Waals surface area contributed by atoms with Crippen LogP contribution < -0.4 is 4.74 Å². The highest BCUT2D eigenvalue weighted by Crippen LogP contribution is 2.29. The van der Waals surface area contributed by atoms with Crippen molar-refractivity contribution in [2.45, 2.75) is 26.3 Å². The van der Waals surface area contributed by atoms with Gasteiger partial charge in [0.1, 0.15) is 11.6 Å². The Kier molecular flexibility index (Phi) is 5.48. The van der Waals surface area contributed by atoms with E-state index in [1.54, 1.807) is 14.2 Å². The maximum absolute atomic E-state index is 5.95. The van der Waals surface area contributed by atoms with E-state index in [4.69, 9.17) is 26.1 Å². The number of ether oxygens (including phenoxy) is 2. The second-order valence-electron chi connectivity index (χ2n) is 5.46. The number of aryl methyl sites for hydroxylation is 1. The van der Waals surface area contributed by atoms with Gasteiger partial charge < -0.3 is 14.0 Å². The molecule has 0 radical (unpaired) electrons. The lowest BCUT2D eigenvalue weighted by Gasteiger charge is -2.24. The van der Waals surface area contributed by atoms with E-state index >= 15 is 0 Å². The van der Waals surface area contributed by atoms with Crippen LogP contribution >= 0.6 is 11.6 Å². The molecule has 0 N–H and O–H groups in total. The fourth-order valence-electron chi connectivity index (χ4n) is 2.62. The van der Waals surface area contributed by atoms with Gasteiger partial charge in [-0.2, -0.15) is 0 Å². The van der Waals surface area contributed by atoms with E-state index in [0.717, 1.165) is 29.0 Å². The van der Waals surface area contributed by atoms with Crippen LogP contribution in [0.25, 0.3) is 11.0 Å². The van der Waals surface area contributed by atoms with E-state index < -0.39 is 0 Å². The first-order valence-electron chi connectivity index (χ1n) is 7.22. The number of hydrogen-bond acceptors (Lipinski definition) is 3. The van der Waals surface area contributed by atoms with Crippen molar-refractivity contribution in [3.05, 3.63) is 24.0 Å². The second-order valence-corrected chi connectivity index (χ2v) is 5.84. The number of rotatable bonds is 7. The Morgan fingerprint density at radius 2 is 2.05 bits per heavy atom. The molecule has 1 aromatic heterocycles. The molecule has 0 aliphatic rings. The van der Waals surface area contributed by atoms with E-state index in [9.17, 15) is 0 Å². The summed E-state index contributed by atoms with van der Waals surface area (Å²) < 4.78 is 13.0. The number of alkyl halides is 1. The van der Waals surface area contributed by atoms with Gasteiger partial charge in [-0.05, 0) is 18.1 Å². The summed E-state index contributed by atoms with van der Waals surface area (Å²) >= 11 is 5.95. The van der Waals surface area contributed by atoms with Crippen LogP contribution in [0.1, 0.15) is 25.7 Å². The maximum atomic E-state index is 5.95. The Labute approximate surface area is 131 Å². The smallest absolute Gasteiger partial charge is 0.121 e. The summed E-state index contributed by atoms with van der Waals surface area (Å²) in [5, 5.41) is 0. The minimum atomic E-state index is 0.242. The van der Waals surface area contributed by atoms with Gasteiger partial charge in [-0.1, -0.05) is 13.8 Å². The van der Waals surface area contributed by atoms with Crippen LogP contribution in [0, 0.1) is 5.92 Å². The Hall–Kier alpha value is -1.26. The Balaban J connectivity index is 2.59. The first-order valence-corrected chi connectivity index (χ1v) is 7.75. The molecule has 1 unspecified atom stereocenters. The lowest BCUT2D eigenvalue weighted by atomic mass is 10.0. The summed E-state index contributed by atoms with van der Waals surface area (Å²) in [6.07, 6.45) is 0.742. The number of methoxy groups -OCH3 is 2. The molecule has 5 heteroatoms. The third-order valence-electron chi connectivity index (χ3n) is 3.73. The van der Waals surface area contributed by atoms with E-state index in [1.807, 2.05) is 12.1 Å². The van der Waals surface area contributed by atoms with Crippen molar-refractivity contribution in [3.8, 4) is 5.75 Å². The summed E-state index contributed by atoms with van der Waals surface area (Å²) in [6, 6.07) is 6.24. The van der Waals surface area contributed by atoms with Crippen LogP contribution in [-0.2, 0) is 11.2 Å². The largest absolute Gasteiger partial charge is 0.497 e. The van der Waals surface area contributed by atoms with Crippen molar-refractivity contribution in [2.75, 3.05) is 26.7 Å². The van der Waals surface area contributed by atoms with Gasteiger partial charge in [-0.15, -0.1) is 11.6 Å². The van der Waals surface area contributed by atoms with E-state index in [2.05, 4.69) is 24.5 Å². The number of imidazole rings is 1. The molecule has 0 bridgehead atoms. The molecule has 0 aliphatic carbocycles. The number of benzene rings is 1. The van der Waals surface area contributed by atoms with Crippen molar-refractivity contribution in [2.24, 2.45) is 5.92 Å². The van der Waals surface area contributed by atoms with Crippen LogP contribution in [0.2, 0.25) is 0 Å². The average Bonchev–Trinajstić information content (AvgIpc) is 2.81. The fraction of sp³-hybridized carbons (Fsp3) is 0.562. The molecule has 0 saturated heterocycles. The van der Waals surface area contributed by atoms with Crippen molar-refractivity contribution >= 4 is 22.6 Å². The zero-order valence-corrected chi connectivity index (χ0v) is 13.9. The van der Waals surface area contributed by atoms with Crippen LogP contribution in [0.15, 0.2) is 18.2 Å². The number of fused-ring (bicyclic) bond motifs is 1. The van der Waals surface area contributed by atoms with E-state index in [0.29, 0.717) is 18.4 Å². The third kappa shape index (κ3) is 3.33. The zero-order valence-electron chi connectivity index (χ0n) is 13.1. The van der Waals surface area contributed by atoms with Crippen molar-refractivity contribution in [1.82, 2.24) is 9.55 Å². The number of hydrogen-bond donors (Lipinski definition) is 0. The fourth-order valence-corrected chi connectivity index (χ4v) is 2.79. The second kappa shape index (κ2) is 7.14. The van der Waals surface area contributed by atoms with E-state index in [-0.39, 0.29) is 6.04 Å². The molecule has 4 nitrogen and oxygen atoms in total. The molecule has 0 fully saturated rings. The molecule has 0 aliphatic heterocycles. The topological polar surface area (TPSA) is 36.3 Å². The third-order valence-corrected chi connectivity index (χ3v) is 3.92. The highest BCUT2D eigenvalue weighted by atomic mass is 35.5. The van der Waals surface area contributed by atoms with Crippen LogP contribution in [0.3, 0.4) is 0 Å². The first kappa shape index (κ1) is 16.1. The van der Waals surface area contributed by atoms with E-state index in [1.165, 1.54) is 0 Å². The van der Waals surface area contributed by atoms with Gasteiger partial charge in [0, 0.05) is 25.5 Å². The van der Waals surface area contributed by atoms with Gasteiger partial charge >= 0.3 is 0 Å². The van der Waals surface area contributed by atoms with Gasteiger partial charge in [0.05, 0.1) is 30.8 Å². The average molecular weight is 311 g/mol. The molecular formula is C16H23ClN2O2. The lowest BCUT2D eigenvalue weighted by Crippen LogP contribution is -2.22. The monoisotopic (exact) mass is 310 g/mol. The summed E-state index contributed by atoms with van der Waals surface area (Å²) in [4.78, 5) is 4.74. The Morgan fingerprint density at radius 1 is 1.29 bits per heavy atom. The van der Waals surface area contributed by atoms with Gasteiger partial charge in [0.2, 0.25) is 0 Å². The van der Waals surface area contributed by atoms with Gasteiger partial charge in [-0.25, -0.2) is 4.98 Å². The summed E-state index contributed by atoms with van der Waals surface area (Å²) in [5.41, 5.74) is 2.04. The highest BCUT2D eigenvalue weighted by molar-refractivity contribution is 6.17. The molecule has 1 heterocycles. The molecule has 0 amide bonds. The van der Waals surface area contributed by atoms with Gasteiger partial charge in [0.25, 0.3) is 0 Å². The van der Waals surface area contributed by atoms with Crippen LogP contribution in [-0.4, -0.2) is 36.3 Å². The summed E-state index contributed by atoms with van der Waals surface area (Å²) in [7, 11) is 3.40. The molecule has 2 aromatic rings. The van der Waals surface area contributed by atoms with Crippen LogP contribution in [0.4, 0.5) is 0 Å². The SMILES string of the molecule is COCC(C(C)C)n1c(CCCl)nc2cc(OC)ccc21. The minimum absolute atomic E-state index is 0.242. The van der Waals surface area contributed by atoms with Crippen molar-refractivity contribution in [1.29, 1.82) is 0 Å². The normalized spacial score (nSPS) is 13.0. The maximum Gasteiger partial charge on any atom is 0.121 e. The van der Waals surface area contributed by atoms with Crippen LogP contribution in [0.5, 0.6) is 5.75 Å².